The topological polar surface area (TPSA) is 48.4 Å². The fourth-order valence-electron chi connectivity index (χ4n) is 2.82. The Labute approximate surface area is 123 Å². The molecular weight excluding hydrogens is 266 g/mol. The van der Waals surface area contributed by atoms with E-state index in [2.05, 4.69) is 4.98 Å². The van der Waals surface area contributed by atoms with Crippen molar-refractivity contribution < 1.29 is 14.3 Å². The van der Waals surface area contributed by atoms with Crippen LogP contribution in [0.2, 0.25) is 0 Å². The number of hydrogen-bond donors (Lipinski definition) is 0. The number of aryl methyl sites for hydroxylation is 1. The van der Waals surface area contributed by atoms with Crippen LogP contribution in [0.5, 0.6) is 11.5 Å². The highest BCUT2D eigenvalue weighted by Gasteiger charge is 2.30. The average molecular weight is 283 g/mol. The van der Waals surface area contributed by atoms with Crippen LogP contribution in [0.25, 0.3) is 0 Å². The van der Waals surface area contributed by atoms with Crippen LogP contribution in [0.15, 0.2) is 36.5 Å². The highest BCUT2D eigenvalue weighted by atomic mass is 16.5. The van der Waals surface area contributed by atoms with Crippen molar-refractivity contribution >= 4 is 5.78 Å². The van der Waals surface area contributed by atoms with Gasteiger partial charge in [0, 0.05) is 17.8 Å². The predicted molar refractivity (Wildman–Crippen MR) is 79.2 cm³/mol. The summed E-state index contributed by atoms with van der Waals surface area (Å²) in [5, 5.41) is 0. The first-order chi connectivity index (χ1) is 10.2. The van der Waals surface area contributed by atoms with Crippen molar-refractivity contribution in [1.29, 1.82) is 0 Å². The van der Waals surface area contributed by atoms with Crippen LogP contribution >= 0.6 is 0 Å². The lowest BCUT2D eigenvalue weighted by Crippen LogP contribution is -2.11. The maximum Gasteiger partial charge on any atom is 0.172 e. The summed E-state index contributed by atoms with van der Waals surface area (Å²) in [4.78, 5) is 17.2. The molecule has 1 aromatic carbocycles. The van der Waals surface area contributed by atoms with Crippen molar-refractivity contribution in [3.8, 4) is 11.5 Å². The number of Topliss-reactive ketones (excluding diaryl/α,β-unsaturated/α-hetero) is 1. The zero-order valence-electron chi connectivity index (χ0n) is 12.1. The molecule has 0 radical (unpaired) electrons. The molecule has 0 amide bonds. The van der Waals surface area contributed by atoms with Gasteiger partial charge in [-0.1, -0.05) is 6.07 Å². The van der Waals surface area contributed by atoms with Crippen molar-refractivity contribution in [3.05, 3.63) is 53.3 Å². The van der Waals surface area contributed by atoms with Crippen molar-refractivity contribution in [1.82, 2.24) is 4.98 Å². The van der Waals surface area contributed by atoms with Gasteiger partial charge in [0.1, 0.15) is 11.5 Å². The Hall–Kier alpha value is -2.36. The molecular formula is C17H17NO3. The molecule has 3 rings (SSSR count). The summed E-state index contributed by atoms with van der Waals surface area (Å²) in [5.41, 5.74) is 2.68. The highest BCUT2D eigenvalue weighted by molar-refractivity contribution is 6.02. The minimum atomic E-state index is -0.169. The van der Waals surface area contributed by atoms with Gasteiger partial charge in [0.05, 0.1) is 25.8 Å². The number of ether oxygens (including phenoxy) is 2. The first-order valence-corrected chi connectivity index (χ1v) is 6.94. The Kier molecular flexibility index (Phi) is 3.60. The lowest BCUT2D eigenvalue weighted by atomic mass is 9.95. The Morgan fingerprint density at radius 3 is 2.57 bits per heavy atom. The molecule has 4 nitrogen and oxygen atoms in total. The summed E-state index contributed by atoms with van der Waals surface area (Å²) >= 11 is 0. The molecule has 1 aliphatic carbocycles. The fourth-order valence-corrected chi connectivity index (χ4v) is 2.82. The lowest BCUT2D eigenvalue weighted by Gasteiger charge is -2.12. The van der Waals surface area contributed by atoms with Crippen LogP contribution in [0.4, 0.5) is 0 Å². The standard InChI is InChI=1S/C17H17NO3/c1-20-13-8-12(9-14(10-13)21-2)17(19)15-6-5-11-4-3-7-18-16(11)15/h3-4,7-10,15H,5-6H2,1-2H3. The first-order valence-electron chi connectivity index (χ1n) is 6.94. The summed E-state index contributed by atoms with van der Waals surface area (Å²) in [6.45, 7) is 0. The Morgan fingerprint density at radius 2 is 1.90 bits per heavy atom. The van der Waals surface area contributed by atoms with Gasteiger partial charge in [-0.2, -0.15) is 0 Å². The molecule has 0 bridgehead atoms. The van der Waals surface area contributed by atoms with Gasteiger partial charge in [0.25, 0.3) is 0 Å². The second-order valence-corrected chi connectivity index (χ2v) is 5.10. The number of fused-ring (bicyclic) bond motifs is 1. The van der Waals surface area contributed by atoms with E-state index < -0.39 is 0 Å². The second kappa shape index (κ2) is 5.56. The van der Waals surface area contributed by atoms with Gasteiger partial charge in [0.2, 0.25) is 0 Å². The third-order valence-corrected chi connectivity index (χ3v) is 3.91. The number of carbonyl (C=O) groups excluding carboxylic acids is 1. The number of benzene rings is 1. The third-order valence-electron chi connectivity index (χ3n) is 3.91. The SMILES string of the molecule is COc1cc(OC)cc(C(=O)C2CCc3cccnc32)c1. The Balaban J connectivity index is 1.96. The minimum Gasteiger partial charge on any atom is -0.497 e. The number of rotatable bonds is 4. The number of ketones is 1. The molecule has 0 N–H and O–H groups in total. The molecule has 1 atom stereocenters. The van der Waals surface area contributed by atoms with E-state index in [0.29, 0.717) is 17.1 Å². The van der Waals surface area contributed by atoms with E-state index in [1.54, 1.807) is 38.6 Å². The number of pyridine rings is 1. The van der Waals surface area contributed by atoms with E-state index in [9.17, 15) is 4.79 Å². The minimum absolute atomic E-state index is 0.0738. The number of methoxy groups -OCH3 is 2. The maximum absolute atomic E-state index is 12.8. The smallest absolute Gasteiger partial charge is 0.172 e. The third kappa shape index (κ3) is 2.49. The maximum atomic E-state index is 12.8. The number of aromatic nitrogens is 1. The molecule has 1 heterocycles. The second-order valence-electron chi connectivity index (χ2n) is 5.10. The monoisotopic (exact) mass is 283 g/mol. The van der Waals surface area contributed by atoms with E-state index in [0.717, 1.165) is 18.5 Å². The van der Waals surface area contributed by atoms with Crippen LogP contribution in [0.3, 0.4) is 0 Å². The summed E-state index contributed by atoms with van der Waals surface area (Å²) in [7, 11) is 3.16. The molecule has 1 aromatic heterocycles. The predicted octanol–water partition coefficient (Wildman–Crippen LogP) is 3.01. The van der Waals surface area contributed by atoms with Crippen molar-refractivity contribution in [2.75, 3.05) is 14.2 Å². The molecule has 108 valence electrons. The molecule has 1 unspecified atom stereocenters. The molecule has 4 heteroatoms. The van der Waals surface area contributed by atoms with Gasteiger partial charge >= 0.3 is 0 Å². The van der Waals surface area contributed by atoms with Crippen LogP contribution in [0.1, 0.15) is 34.0 Å². The van der Waals surface area contributed by atoms with Gasteiger partial charge in [0.15, 0.2) is 5.78 Å². The van der Waals surface area contributed by atoms with E-state index in [4.69, 9.17) is 9.47 Å². The van der Waals surface area contributed by atoms with Gasteiger partial charge in [-0.3, -0.25) is 9.78 Å². The zero-order chi connectivity index (χ0) is 14.8. The number of carbonyl (C=O) groups is 1. The molecule has 0 saturated heterocycles. The first kappa shape index (κ1) is 13.6. The molecule has 1 aliphatic rings. The molecule has 2 aromatic rings. The molecule has 0 fully saturated rings. The van der Waals surface area contributed by atoms with Crippen molar-refractivity contribution in [2.24, 2.45) is 0 Å². The van der Waals surface area contributed by atoms with Gasteiger partial charge in [-0.25, -0.2) is 0 Å². The highest BCUT2D eigenvalue weighted by Crippen LogP contribution is 2.35. The summed E-state index contributed by atoms with van der Waals surface area (Å²) < 4.78 is 10.5. The quantitative estimate of drug-likeness (QED) is 0.809. The molecule has 0 saturated carbocycles. The van der Waals surface area contributed by atoms with Crippen molar-refractivity contribution in [3.63, 3.8) is 0 Å². The van der Waals surface area contributed by atoms with E-state index in [1.165, 1.54) is 5.56 Å². The number of nitrogens with zero attached hydrogens (tertiary/aromatic N) is 1. The van der Waals surface area contributed by atoms with Crippen molar-refractivity contribution in [2.45, 2.75) is 18.8 Å². The van der Waals surface area contributed by atoms with E-state index >= 15 is 0 Å². The molecule has 0 aliphatic heterocycles. The fraction of sp³-hybridized carbons (Fsp3) is 0.294. The van der Waals surface area contributed by atoms with Gasteiger partial charge in [-0.05, 0) is 36.6 Å². The molecule has 21 heavy (non-hydrogen) atoms. The van der Waals surface area contributed by atoms with Crippen LogP contribution in [-0.2, 0) is 6.42 Å². The van der Waals surface area contributed by atoms with Crippen LogP contribution in [-0.4, -0.2) is 25.0 Å². The Morgan fingerprint density at radius 1 is 1.19 bits per heavy atom. The van der Waals surface area contributed by atoms with Crippen LogP contribution < -0.4 is 9.47 Å². The van der Waals surface area contributed by atoms with Crippen LogP contribution in [0, 0.1) is 0 Å². The normalized spacial score (nSPS) is 16.4. The van der Waals surface area contributed by atoms with E-state index in [1.807, 2.05) is 12.1 Å². The van der Waals surface area contributed by atoms with Gasteiger partial charge in [-0.15, -0.1) is 0 Å². The molecule has 0 spiro atoms. The summed E-state index contributed by atoms with van der Waals surface area (Å²) in [6, 6.07) is 9.23. The number of hydrogen-bond acceptors (Lipinski definition) is 4. The van der Waals surface area contributed by atoms with Gasteiger partial charge < -0.3 is 9.47 Å². The summed E-state index contributed by atoms with van der Waals surface area (Å²) in [6.07, 6.45) is 3.46. The zero-order valence-corrected chi connectivity index (χ0v) is 12.1. The largest absolute Gasteiger partial charge is 0.497 e. The Bertz CT molecular complexity index is 659. The lowest BCUT2D eigenvalue weighted by molar-refractivity contribution is 0.0957. The average Bonchev–Trinajstić information content (AvgIpc) is 2.97. The van der Waals surface area contributed by atoms with E-state index in [-0.39, 0.29) is 11.7 Å². The summed E-state index contributed by atoms with van der Waals surface area (Å²) in [5.74, 6) is 1.15.